The largest absolute Gasteiger partial charge is 0.379 e. The minimum atomic E-state index is -0.499. The molecular formula is C22H38N6O2. The van der Waals surface area contributed by atoms with Crippen LogP contribution in [0.3, 0.4) is 0 Å². The maximum Gasteiger partial charge on any atom is 0.223 e. The van der Waals surface area contributed by atoms with Crippen LogP contribution >= 0.6 is 0 Å². The van der Waals surface area contributed by atoms with Crippen molar-refractivity contribution in [3.05, 3.63) is 0 Å². The Kier molecular flexibility index (Phi) is 7.82. The van der Waals surface area contributed by atoms with Crippen LogP contribution in [0.25, 0.3) is 0 Å². The van der Waals surface area contributed by atoms with Gasteiger partial charge >= 0.3 is 0 Å². The van der Waals surface area contributed by atoms with Gasteiger partial charge in [-0.05, 0) is 49.0 Å². The van der Waals surface area contributed by atoms with E-state index in [0.717, 1.165) is 71.5 Å². The summed E-state index contributed by atoms with van der Waals surface area (Å²) in [5.41, 5.74) is -0.499. The fourth-order valence-electron chi connectivity index (χ4n) is 5.64. The molecule has 0 bridgehead atoms. The number of nitrogens with zero attached hydrogens (tertiary/aromatic N) is 6. The van der Waals surface area contributed by atoms with E-state index in [-0.39, 0.29) is 0 Å². The van der Waals surface area contributed by atoms with Crippen LogP contribution in [0.1, 0.15) is 83.5 Å². The summed E-state index contributed by atoms with van der Waals surface area (Å²) in [5, 5.41) is 16.7. The van der Waals surface area contributed by atoms with E-state index in [1.165, 1.54) is 38.5 Å². The summed E-state index contributed by atoms with van der Waals surface area (Å²) >= 11 is 0. The number of rotatable bonds is 8. The highest BCUT2D eigenvalue weighted by Gasteiger charge is 2.42. The second-order valence-electron chi connectivity index (χ2n) is 9.47. The molecule has 2 aliphatic carbocycles. The van der Waals surface area contributed by atoms with E-state index in [2.05, 4.69) is 30.5 Å². The number of hydrogen-bond acceptors (Lipinski definition) is 7. The lowest BCUT2D eigenvalue weighted by Crippen LogP contribution is -2.50. The molecule has 0 aromatic carbocycles. The van der Waals surface area contributed by atoms with E-state index in [1.54, 1.807) is 0 Å². The van der Waals surface area contributed by atoms with Gasteiger partial charge in [0.2, 0.25) is 5.91 Å². The number of morpholine rings is 1. The molecule has 0 spiro atoms. The number of amides is 1. The first-order valence-electron chi connectivity index (χ1n) is 12.2. The van der Waals surface area contributed by atoms with Gasteiger partial charge in [-0.15, -0.1) is 10.2 Å². The van der Waals surface area contributed by atoms with Gasteiger partial charge in [-0.2, -0.15) is 0 Å². The second kappa shape index (κ2) is 10.8. The quantitative estimate of drug-likeness (QED) is 0.572. The summed E-state index contributed by atoms with van der Waals surface area (Å²) in [4.78, 5) is 17.9. The first-order valence-corrected chi connectivity index (χ1v) is 12.2. The van der Waals surface area contributed by atoms with Crippen LogP contribution in [0, 0.1) is 5.92 Å². The first kappa shape index (κ1) is 21.8. The highest BCUT2D eigenvalue weighted by atomic mass is 16.5. The molecule has 4 aliphatic rings. The Morgan fingerprint density at radius 1 is 0.933 bits per heavy atom. The van der Waals surface area contributed by atoms with Crippen molar-refractivity contribution >= 4 is 5.91 Å². The SMILES string of the molecule is O=C(CCCC1(C2CCCCC2)N=NN=N1)N(CN1CCOCC1)C1CCCCC1. The third kappa shape index (κ3) is 5.44. The van der Waals surface area contributed by atoms with Crippen molar-refractivity contribution in [1.29, 1.82) is 0 Å². The average molecular weight is 419 g/mol. The second-order valence-corrected chi connectivity index (χ2v) is 9.47. The lowest BCUT2D eigenvalue weighted by molar-refractivity contribution is -0.138. The monoisotopic (exact) mass is 418 g/mol. The Balaban J connectivity index is 1.34. The summed E-state index contributed by atoms with van der Waals surface area (Å²) in [6, 6.07) is 0.396. The third-order valence-corrected chi connectivity index (χ3v) is 7.46. The Labute approximate surface area is 180 Å². The van der Waals surface area contributed by atoms with Gasteiger partial charge in [0.05, 0.1) is 19.9 Å². The van der Waals surface area contributed by atoms with Crippen molar-refractivity contribution < 1.29 is 9.53 Å². The van der Waals surface area contributed by atoms with Gasteiger partial charge in [-0.1, -0.05) is 38.5 Å². The molecule has 0 N–H and O–H groups in total. The molecule has 168 valence electrons. The molecular weight excluding hydrogens is 380 g/mol. The van der Waals surface area contributed by atoms with Crippen molar-refractivity contribution in [3.63, 3.8) is 0 Å². The zero-order valence-electron chi connectivity index (χ0n) is 18.4. The van der Waals surface area contributed by atoms with Gasteiger partial charge in [0.15, 0.2) is 5.66 Å². The predicted molar refractivity (Wildman–Crippen MR) is 114 cm³/mol. The molecule has 2 heterocycles. The van der Waals surface area contributed by atoms with E-state index < -0.39 is 5.66 Å². The summed E-state index contributed by atoms with van der Waals surface area (Å²) < 4.78 is 5.49. The van der Waals surface area contributed by atoms with E-state index in [4.69, 9.17) is 4.74 Å². The molecule has 0 aromatic rings. The third-order valence-electron chi connectivity index (χ3n) is 7.46. The molecule has 1 saturated heterocycles. The van der Waals surface area contributed by atoms with Crippen LogP contribution in [-0.2, 0) is 9.53 Å². The summed E-state index contributed by atoms with van der Waals surface area (Å²) in [6.07, 6.45) is 14.3. The Hall–Kier alpha value is -1.41. The van der Waals surface area contributed by atoms with E-state index in [1.807, 2.05) is 0 Å². The van der Waals surface area contributed by atoms with Gasteiger partial charge in [-0.3, -0.25) is 9.69 Å². The standard InChI is InChI=1S/C22H38N6O2/c29-21(12-7-13-22(23-25-26-24-22)19-8-3-1-4-9-19)28(20-10-5-2-6-11-20)18-27-14-16-30-17-15-27/h19-20H,1-18H2. The number of hydrogen-bond donors (Lipinski definition) is 0. The van der Waals surface area contributed by atoms with Gasteiger partial charge in [0, 0.05) is 31.5 Å². The molecule has 8 nitrogen and oxygen atoms in total. The fraction of sp³-hybridized carbons (Fsp3) is 0.955. The van der Waals surface area contributed by atoms with Crippen LogP contribution in [0.15, 0.2) is 20.7 Å². The van der Waals surface area contributed by atoms with Crippen LogP contribution in [0.5, 0.6) is 0 Å². The summed E-state index contributed by atoms with van der Waals surface area (Å²) in [6.45, 7) is 4.13. The summed E-state index contributed by atoms with van der Waals surface area (Å²) in [5.74, 6) is 0.721. The highest BCUT2D eigenvalue weighted by molar-refractivity contribution is 5.76. The van der Waals surface area contributed by atoms with Gasteiger partial charge in [0.1, 0.15) is 0 Å². The van der Waals surface area contributed by atoms with E-state index in [9.17, 15) is 4.79 Å². The molecule has 0 atom stereocenters. The molecule has 0 radical (unpaired) electrons. The van der Waals surface area contributed by atoms with Gasteiger partial charge in [-0.25, -0.2) is 0 Å². The number of carbonyl (C=O) groups is 1. The maximum atomic E-state index is 13.3. The zero-order chi connectivity index (χ0) is 20.7. The van der Waals surface area contributed by atoms with Crippen molar-refractivity contribution in [3.8, 4) is 0 Å². The van der Waals surface area contributed by atoms with Gasteiger partial charge in [0.25, 0.3) is 0 Å². The van der Waals surface area contributed by atoms with Crippen molar-refractivity contribution in [2.45, 2.75) is 95.2 Å². The van der Waals surface area contributed by atoms with E-state index >= 15 is 0 Å². The lowest BCUT2D eigenvalue weighted by Gasteiger charge is -2.39. The number of carbonyl (C=O) groups excluding carboxylic acids is 1. The minimum Gasteiger partial charge on any atom is -0.379 e. The van der Waals surface area contributed by atoms with Crippen molar-refractivity contribution in [1.82, 2.24) is 9.80 Å². The molecule has 2 aliphatic heterocycles. The Bertz CT molecular complexity index is 595. The molecule has 2 saturated carbocycles. The Morgan fingerprint density at radius 2 is 1.57 bits per heavy atom. The van der Waals surface area contributed by atoms with Crippen LogP contribution < -0.4 is 0 Å². The predicted octanol–water partition coefficient (Wildman–Crippen LogP) is 4.72. The first-order chi connectivity index (χ1) is 14.8. The normalized spacial score (nSPS) is 25.6. The van der Waals surface area contributed by atoms with E-state index in [0.29, 0.717) is 24.3 Å². The lowest BCUT2D eigenvalue weighted by atomic mass is 9.78. The number of ether oxygens (including phenoxy) is 1. The molecule has 3 fully saturated rings. The molecule has 30 heavy (non-hydrogen) atoms. The fourth-order valence-corrected chi connectivity index (χ4v) is 5.64. The minimum absolute atomic E-state index is 0.291. The van der Waals surface area contributed by atoms with Crippen LogP contribution in [0.2, 0.25) is 0 Å². The zero-order valence-corrected chi connectivity index (χ0v) is 18.4. The average Bonchev–Trinajstić information content (AvgIpc) is 3.29. The topological polar surface area (TPSA) is 82.2 Å². The maximum absolute atomic E-state index is 13.3. The molecule has 4 rings (SSSR count). The van der Waals surface area contributed by atoms with Crippen LogP contribution in [-0.4, -0.2) is 60.4 Å². The molecule has 0 unspecified atom stereocenters. The van der Waals surface area contributed by atoms with Crippen molar-refractivity contribution in [2.75, 3.05) is 33.0 Å². The Morgan fingerprint density at radius 3 is 2.23 bits per heavy atom. The molecule has 0 aromatic heterocycles. The molecule has 1 amide bonds. The highest BCUT2D eigenvalue weighted by Crippen LogP contribution is 2.42. The van der Waals surface area contributed by atoms with Crippen molar-refractivity contribution in [2.24, 2.45) is 26.6 Å². The van der Waals surface area contributed by atoms with Crippen LogP contribution in [0.4, 0.5) is 0 Å². The molecule has 8 heteroatoms. The summed E-state index contributed by atoms with van der Waals surface area (Å²) in [7, 11) is 0. The van der Waals surface area contributed by atoms with Gasteiger partial charge < -0.3 is 9.64 Å². The smallest absolute Gasteiger partial charge is 0.223 e.